The zero-order chi connectivity index (χ0) is 15.8. The second kappa shape index (κ2) is 8.37. The first-order chi connectivity index (χ1) is 10.7. The Balaban J connectivity index is 2.19. The topological polar surface area (TPSA) is 38.7 Å². The highest BCUT2D eigenvalue weighted by molar-refractivity contribution is 5.51. The van der Waals surface area contributed by atoms with Crippen molar-refractivity contribution >= 4 is 6.08 Å². The van der Waals surface area contributed by atoms with Crippen molar-refractivity contribution in [2.75, 3.05) is 13.9 Å². The number of aliphatic hydroxyl groups is 1. The van der Waals surface area contributed by atoms with Crippen molar-refractivity contribution in [2.45, 2.75) is 20.0 Å². The Morgan fingerprint density at radius 1 is 1.14 bits per heavy atom. The van der Waals surface area contributed by atoms with Gasteiger partial charge in [-0.3, -0.25) is 0 Å². The van der Waals surface area contributed by atoms with Crippen LogP contribution in [0, 0.1) is 6.92 Å². The molecule has 1 N–H and O–H groups in total. The lowest BCUT2D eigenvalue weighted by atomic mass is 10.0. The first-order valence-corrected chi connectivity index (χ1v) is 7.31. The Kier molecular flexibility index (Phi) is 6.19. The smallest absolute Gasteiger partial charge is 0.188 e. The maximum Gasteiger partial charge on any atom is 0.188 e. The van der Waals surface area contributed by atoms with Crippen molar-refractivity contribution in [3.05, 3.63) is 70.8 Å². The van der Waals surface area contributed by atoms with Crippen molar-refractivity contribution in [1.29, 1.82) is 0 Å². The van der Waals surface area contributed by atoms with Gasteiger partial charge in [0.2, 0.25) is 0 Å². The van der Waals surface area contributed by atoms with E-state index in [1.54, 1.807) is 7.11 Å². The Hall–Kier alpha value is -2.10. The highest BCUT2D eigenvalue weighted by atomic mass is 16.7. The largest absolute Gasteiger partial charge is 0.467 e. The number of allylic oxidation sites excluding steroid dienone is 1. The van der Waals surface area contributed by atoms with Crippen molar-refractivity contribution < 1.29 is 14.6 Å². The number of rotatable bonds is 7. The van der Waals surface area contributed by atoms with Gasteiger partial charge in [0.25, 0.3) is 0 Å². The molecule has 116 valence electrons. The van der Waals surface area contributed by atoms with Crippen LogP contribution in [0.1, 0.15) is 22.3 Å². The van der Waals surface area contributed by atoms with Crippen LogP contribution >= 0.6 is 0 Å². The highest BCUT2D eigenvalue weighted by Crippen LogP contribution is 2.26. The summed E-state index contributed by atoms with van der Waals surface area (Å²) in [5.41, 5.74) is 4.24. The molecule has 0 saturated heterocycles. The molecule has 0 aliphatic rings. The number of aliphatic hydroxyl groups excluding tert-OH is 1. The van der Waals surface area contributed by atoms with Gasteiger partial charge in [-0.1, -0.05) is 48.6 Å². The summed E-state index contributed by atoms with van der Waals surface area (Å²) in [6, 6.07) is 14.1. The molecule has 0 bridgehead atoms. The number of benzene rings is 2. The van der Waals surface area contributed by atoms with Crippen LogP contribution < -0.4 is 4.74 Å². The molecule has 0 aliphatic heterocycles. The van der Waals surface area contributed by atoms with E-state index in [0.717, 1.165) is 28.9 Å². The maximum absolute atomic E-state index is 9.33. The van der Waals surface area contributed by atoms with Crippen LogP contribution in [0.5, 0.6) is 5.75 Å². The first kappa shape index (κ1) is 16.3. The van der Waals surface area contributed by atoms with Gasteiger partial charge in [0, 0.05) is 12.7 Å². The van der Waals surface area contributed by atoms with E-state index in [0.29, 0.717) is 0 Å². The molecule has 0 aliphatic carbocycles. The average molecular weight is 298 g/mol. The summed E-state index contributed by atoms with van der Waals surface area (Å²) >= 11 is 0. The van der Waals surface area contributed by atoms with Gasteiger partial charge in [-0.15, -0.1) is 0 Å². The Labute approximate surface area is 131 Å². The normalized spacial score (nSPS) is 11.0. The molecule has 0 atom stereocenters. The van der Waals surface area contributed by atoms with Crippen molar-refractivity contribution in [3.63, 3.8) is 0 Å². The third-order valence-corrected chi connectivity index (χ3v) is 3.44. The van der Waals surface area contributed by atoms with E-state index in [-0.39, 0.29) is 13.4 Å². The van der Waals surface area contributed by atoms with Gasteiger partial charge in [-0.25, -0.2) is 0 Å². The summed E-state index contributed by atoms with van der Waals surface area (Å²) in [7, 11) is 1.59. The molecule has 0 saturated carbocycles. The summed E-state index contributed by atoms with van der Waals surface area (Å²) in [6.07, 6.45) is 4.99. The fourth-order valence-electron chi connectivity index (χ4n) is 2.34. The van der Waals surface area contributed by atoms with Crippen molar-refractivity contribution in [2.24, 2.45) is 0 Å². The van der Waals surface area contributed by atoms with Crippen LogP contribution in [0.4, 0.5) is 0 Å². The third kappa shape index (κ3) is 4.45. The molecule has 3 heteroatoms. The fraction of sp³-hybridized carbons (Fsp3) is 0.263. The van der Waals surface area contributed by atoms with Crippen molar-refractivity contribution in [1.82, 2.24) is 0 Å². The lowest BCUT2D eigenvalue weighted by Crippen LogP contribution is -2.04. The molecular weight excluding hydrogens is 276 g/mol. The average Bonchev–Trinajstić information content (AvgIpc) is 2.55. The van der Waals surface area contributed by atoms with Gasteiger partial charge in [0.15, 0.2) is 6.79 Å². The predicted octanol–water partition coefficient (Wildman–Crippen LogP) is 3.73. The number of aryl methyl sites for hydroxylation is 1. The van der Waals surface area contributed by atoms with Crippen LogP contribution in [-0.4, -0.2) is 19.0 Å². The zero-order valence-electron chi connectivity index (χ0n) is 13.1. The molecular formula is C19H22O3. The second-order valence-corrected chi connectivity index (χ2v) is 5.12. The van der Waals surface area contributed by atoms with Crippen LogP contribution in [0.2, 0.25) is 0 Å². The predicted molar refractivity (Wildman–Crippen MR) is 88.8 cm³/mol. The molecule has 0 spiro atoms. The molecule has 0 amide bonds. The Morgan fingerprint density at radius 3 is 2.59 bits per heavy atom. The van der Waals surface area contributed by atoms with Gasteiger partial charge in [0.1, 0.15) is 5.75 Å². The number of methoxy groups -OCH3 is 1. The number of hydrogen-bond donors (Lipinski definition) is 1. The minimum Gasteiger partial charge on any atom is -0.467 e. The summed E-state index contributed by atoms with van der Waals surface area (Å²) in [5.74, 6) is 0.767. The summed E-state index contributed by atoms with van der Waals surface area (Å²) in [4.78, 5) is 0. The summed E-state index contributed by atoms with van der Waals surface area (Å²) in [5, 5.41) is 9.33. The van der Waals surface area contributed by atoms with E-state index in [1.165, 1.54) is 5.56 Å². The lowest BCUT2D eigenvalue weighted by molar-refractivity contribution is 0.0503. The molecule has 0 radical (unpaired) electrons. The van der Waals surface area contributed by atoms with Crippen LogP contribution in [0.3, 0.4) is 0 Å². The molecule has 2 aromatic rings. The van der Waals surface area contributed by atoms with Gasteiger partial charge in [-0.05, 0) is 36.1 Å². The molecule has 22 heavy (non-hydrogen) atoms. The molecule has 3 nitrogen and oxygen atoms in total. The van der Waals surface area contributed by atoms with Gasteiger partial charge in [-0.2, -0.15) is 0 Å². The lowest BCUT2D eigenvalue weighted by Gasteiger charge is -2.14. The number of hydrogen-bond acceptors (Lipinski definition) is 3. The van der Waals surface area contributed by atoms with E-state index in [2.05, 4.69) is 24.3 Å². The molecule has 0 fully saturated rings. The van der Waals surface area contributed by atoms with Gasteiger partial charge >= 0.3 is 0 Å². The van der Waals surface area contributed by atoms with Crippen LogP contribution in [-0.2, 0) is 17.8 Å². The van der Waals surface area contributed by atoms with E-state index in [9.17, 15) is 5.11 Å². The zero-order valence-corrected chi connectivity index (χ0v) is 13.1. The van der Waals surface area contributed by atoms with Gasteiger partial charge in [0.05, 0.1) is 6.61 Å². The summed E-state index contributed by atoms with van der Waals surface area (Å²) < 4.78 is 10.6. The van der Waals surface area contributed by atoms with E-state index in [4.69, 9.17) is 9.47 Å². The molecule has 2 aromatic carbocycles. The van der Waals surface area contributed by atoms with E-state index in [1.807, 2.05) is 37.3 Å². The van der Waals surface area contributed by atoms with Crippen LogP contribution in [0.25, 0.3) is 6.08 Å². The molecule has 2 rings (SSSR count). The minimum atomic E-state index is 0.00428. The Bertz CT molecular complexity index is 618. The molecule has 0 unspecified atom stereocenters. The monoisotopic (exact) mass is 298 g/mol. The van der Waals surface area contributed by atoms with E-state index >= 15 is 0 Å². The molecule has 0 heterocycles. The standard InChI is InChI=1S/C19H22O3/c1-15-11-17(13-20)12-19(22-14-21-2)18(15)10-6-9-16-7-4-3-5-8-16/h3-9,11-12,20H,10,13-14H2,1-2H3/b9-6+. The maximum atomic E-state index is 9.33. The highest BCUT2D eigenvalue weighted by Gasteiger charge is 2.08. The van der Waals surface area contributed by atoms with E-state index < -0.39 is 0 Å². The quantitative estimate of drug-likeness (QED) is 0.792. The second-order valence-electron chi connectivity index (χ2n) is 5.12. The van der Waals surface area contributed by atoms with Crippen molar-refractivity contribution in [3.8, 4) is 5.75 Å². The first-order valence-electron chi connectivity index (χ1n) is 7.31. The third-order valence-electron chi connectivity index (χ3n) is 3.44. The summed E-state index contributed by atoms with van der Waals surface area (Å²) in [6.45, 7) is 2.23. The SMILES string of the molecule is COCOc1cc(CO)cc(C)c1C/C=C/c1ccccc1. The van der Waals surface area contributed by atoms with Gasteiger partial charge < -0.3 is 14.6 Å². The Morgan fingerprint density at radius 2 is 1.91 bits per heavy atom. The van der Waals surface area contributed by atoms with Crippen LogP contribution in [0.15, 0.2) is 48.5 Å². The molecule has 0 aromatic heterocycles. The number of ether oxygens (including phenoxy) is 2. The minimum absolute atomic E-state index is 0.00428. The fourth-order valence-corrected chi connectivity index (χ4v) is 2.34.